The van der Waals surface area contributed by atoms with Gasteiger partial charge in [-0.05, 0) is 23.8 Å². The highest BCUT2D eigenvalue weighted by Gasteiger charge is 2.23. The second-order valence-corrected chi connectivity index (χ2v) is 4.32. The largest absolute Gasteiger partial charge is 0.399 e. The summed E-state index contributed by atoms with van der Waals surface area (Å²) in [4.78, 5) is 3.36. The molecule has 2 aromatic carbocycles. The first kappa shape index (κ1) is 10.7. The fourth-order valence-electron chi connectivity index (χ4n) is 2.03. The molecule has 1 aliphatic rings. The molecule has 0 saturated carbocycles. The predicted molar refractivity (Wildman–Crippen MR) is 73.5 cm³/mol. The van der Waals surface area contributed by atoms with Crippen molar-refractivity contribution in [2.45, 2.75) is 0 Å². The molecule has 3 nitrogen and oxygen atoms in total. The molecular weight excluding hydrogens is 222 g/mol. The van der Waals surface area contributed by atoms with E-state index in [1.165, 1.54) is 5.69 Å². The number of anilines is 1. The fraction of sp³-hybridized carbons (Fsp3) is 0. The summed E-state index contributed by atoms with van der Waals surface area (Å²) in [6.07, 6.45) is 4.12. The lowest BCUT2D eigenvalue weighted by Crippen LogP contribution is -2.88. The van der Waals surface area contributed by atoms with Gasteiger partial charge in [0.25, 0.3) is 5.69 Å². The normalized spacial score (nSPS) is 13.7. The van der Waals surface area contributed by atoms with Crippen LogP contribution in [-0.4, -0.2) is 5.84 Å². The molecule has 1 aliphatic heterocycles. The molecule has 0 aromatic heterocycles. The number of hydrogen-bond donors (Lipinski definition) is 3. The number of rotatable bonds is 2. The third-order valence-corrected chi connectivity index (χ3v) is 2.92. The Balaban J connectivity index is 1.80. The molecule has 0 bridgehead atoms. The number of para-hydroxylation sites is 2. The van der Waals surface area contributed by atoms with E-state index in [9.17, 15) is 0 Å². The van der Waals surface area contributed by atoms with Crippen LogP contribution in [-0.2, 0) is 0 Å². The van der Waals surface area contributed by atoms with Crippen molar-refractivity contribution in [2.24, 2.45) is 0 Å². The van der Waals surface area contributed by atoms with E-state index < -0.39 is 0 Å². The van der Waals surface area contributed by atoms with E-state index in [-0.39, 0.29) is 0 Å². The SMILES string of the molecule is Nc1cccc(C=CC2=[NH+]c3ccccc3[NH2+]2)c1. The van der Waals surface area contributed by atoms with Crippen LogP contribution >= 0.6 is 0 Å². The van der Waals surface area contributed by atoms with E-state index in [1.807, 2.05) is 36.4 Å². The monoisotopic (exact) mass is 237 g/mol. The summed E-state index contributed by atoms with van der Waals surface area (Å²) in [6, 6.07) is 16.1. The maximum absolute atomic E-state index is 5.75. The van der Waals surface area contributed by atoms with Crippen LogP contribution in [0.25, 0.3) is 6.08 Å². The minimum Gasteiger partial charge on any atom is -0.399 e. The third-order valence-electron chi connectivity index (χ3n) is 2.92. The number of nitrogen functional groups attached to an aromatic ring is 1. The van der Waals surface area contributed by atoms with Gasteiger partial charge in [0.15, 0.2) is 0 Å². The quantitative estimate of drug-likeness (QED) is 0.647. The lowest BCUT2D eigenvalue weighted by Gasteiger charge is -1.93. The van der Waals surface area contributed by atoms with Crippen molar-refractivity contribution in [3.63, 3.8) is 0 Å². The molecule has 0 aliphatic carbocycles. The Kier molecular flexibility index (Phi) is 2.67. The molecule has 0 fully saturated rings. The molecule has 0 radical (unpaired) electrons. The van der Waals surface area contributed by atoms with Crippen LogP contribution in [0.3, 0.4) is 0 Å². The van der Waals surface area contributed by atoms with Crippen LogP contribution < -0.4 is 16.0 Å². The van der Waals surface area contributed by atoms with E-state index in [1.54, 1.807) is 0 Å². The summed E-state index contributed by atoms with van der Waals surface area (Å²) in [5, 5.41) is 2.14. The summed E-state index contributed by atoms with van der Waals surface area (Å²) in [5.41, 5.74) is 10.0. The maximum atomic E-state index is 5.75. The highest BCUT2D eigenvalue weighted by Crippen LogP contribution is 2.11. The van der Waals surface area contributed by atoms with Crippen LogP contribution in [0.15, 0.2) is 54.6 Å². The second kappa shape index (κ2) is 4.47. The highest BCUT2D eigenvalue weighted by molar-refractivity contribution is 5.89. The molecule has 0 spiro atoms. The van der Waals surface area contributed by atoms with Crippen LogP contribution in [0.1, 0.15) is 5.56 Å². The van der Waals surface area contributed by atoms with E-state index in [2.05, 4.69) is 34.6 Å². The summed E-state index contributed by atoms with van der Waals surface area (Å²) >= 11 is 0. The van der Waals surface area contributed by atoms with Crippen molar-refractivity contribution in [1.82, 2.24) is 0 Å². The summed E-state index contributed by atoms with van der Waals surface area (Å²) < 4.78 is 0. The van der Waals surface area contributed by atoms with Crippen LogP contribution in [0.4, 0.5) is 17.1 Å². The van der Waals surface area contributed by atoms with Gasteiger partial charge in [-0.3, -0.25) is 0 Å². The van der Waals surface area contributed by atoms with E-state index in [0.29, 0.717) is 0 Å². The standard InChI is InChI=1S/C15H13N3/c16-12-5-3-4-11(10-12)8-9-15-17-13-6-1-2-7-14(13)18-15/h1-10H,16H2,(H,17,18)/p+2. The molecule has 0 unspecified atom stereocenters. The topological polar surface area (TPSA) is 56.6 Å². The maximum Gasteiger partial charge on any atom is 0.369 e. The van der Waals surface area contributed by atoms with E-state index in [0.717, 1.165) is 22.8 Å². The zero-order chi connectivity index (χ0) is 12.4. The average Bonchev–Trinajstić information content (AvgIpc) is 2.79. The number of fused-ring (bicyclic) bond motifs is 1. The molecule has 0 amide bonds. The van der Waals surface area contributed by atoms with Gasteiger partial charge >= 0.3 is 5.84 Å². The van der Waals surface area contributed by atoms with Crippen molar-refractivity contribution in [2.75, 3.05) is 5.73 Å². The average molecular weight is 237 g/mol. The molecule has 88 valence electrons. The number of quaternary nitrogens is 1. The van der Waals surface area contributed by atoms with E-state index >= 15 is 0 Å². The second-order valence-electron chi connectivity index (χ2n) is 4.32. The first-order valence-electron chi connectivity index (χ1n) is 5.93. The van der Waals surface area contributed by atoms with Crippen molar-refractivity contribution >= 4 is 29.0 Å². The zero-order valence-corrected chi connectivity index (χ0v) is 9.93. The van der Waals surface area contributed by atoms with Gasteiger partial charge in [0.2, 0.25) is 5.69 Å². The molecule has 0 atom stereocenters. The van der Waals surface area contributed by atoms with Crippen molar-refractivity contribution in [1.29, 1.82) is 0 Å². The Morgan fingerprint density at radius 1 is 1.00 bits per heavy atom. The molecular formula is C15H15N3+2. The molecule has 3 rings (SSSR count). The van der Waals surface area contributed by atoms with Gasteiger partial charge < -0.3 is 5.73 Å². The number of benzene rings is 2. The zero-order valence-electron chi connectivity index (χ0n) is 9.93. The lowest BCUT2D eigenvalue weighted by molar-refractivity contribution is -0.482. The van der Waals surface area contributed by atoms with Gasteiger partial charge in [-0.15, -0.1) is 0 Å². The summed E-state index contributed by atoms with van der Waals surface area (Å²) in [5.74, 6) is 1.10. The van der Waals surface area contributed by atoms with Gasteiger partial charge in [0, 0.05) is 17.8 Å². The summed E-state index contributed by atoms with van der Waals surface area (Å²) in [6.45, 7) is 0. The first-order valence-corrected chi connectivity index (χ1v) is 5.93. The van der Waals surface area contributed by atoms with Gasteiger partial charge in [-0.2, -0.15) is 4.99 Å². The molecule has 1 heterocycles. The number of nitrogens with one attached hydrogen (secondary N) is 1. The molecule has 3 heteroatoms. The van der Waals surface area contributed by atoms with Crippen LogP contribution in [0, 0.1) is 0 Å². The van der Waals surface area contributed by atoms with Crippen molar-refractivity contribution in [3.05, 3.63) is 60.2 Å². The van der Waals surface area contributed by atoms with Crippen molar-refractivity contribution < 1.29 is 10.3 Å². The Morgan fingerprint density at radius 3 is 2.72 bits per heavy atom. The minimum atomic E-state index is 0.786. The molecule has 2 aromatic rings. The smallest absolute Gasteiger partial charge is 0.369 e. The number of nitrogens with two attached hydrogens (primary N) is 2. The van der Waals surface area contributed by atoms with Gasteiger partial charge in [0.1, 0.15) is 0 Å². The first-order chi connectivity index (χ1) is 8.81. The van der Waals surface area contributed by atoms with Crippen LogP contribution in [0.2, 0.25) is 0 Å². The predicted octanol–water partition coefficient (Wildman–Crippen LogP) is 0.301. The number of hydrogen-bond acceptors (Lipinski definition) is 1. The van der Waals surface area contributed by atoms with Gasteiger partial charge in [-0.1, -0.05) is 24.3 Å². The van der Waals surface area contributed by atoms with Gasteiger partial charge in [-0.25, -0.2) is 5.32 Å². The number of amidine groups is 1. The molecule has 18 heavy (non-hydrogen) atoms. The summed E-state index contributed by atoms with van der Waals surface area (Å²) in [7, 11) is 0. The Bertz CT molecular complexity index is 642. The third kappa shape index (κ3) is 2.17. The Hall–Kier alpha value is -2.39. The minimum absolute atomic E-state index is 0.786. The Morgan fingerprint density at radius 2 is 1.89 bits per heavy atom. The van der Waals surface area contributed by atoms with E-state index in [4.69, 9.17) is 5.73 Å². The molecule has 5 N–H and O–H groups in total. The van der Waals surface area contributed by atoms with Crippen molar-refractivity contribution in [3.8, 4) is 0 Å². The van der Waals surface area contributed by atoms with Crippen LogP contribution in [0.5, 0.6) is 0 Å². The highest BCUT2D eigenvalue weighted by atomic mass is 15.1. The Labute approximate surface area is 106 Å². The molecule has 0 saturated heterocycles. The lowest BCUT2D eigenvalue weighted by atomic mass is 10.2. The van der Waals surface area contributed by atoms with Gasteiger partial charge in [0.05, 0.1) is 6.08 Å². The fourth-order valence-corrected chi connectivity index (χ4v) is 2.03.